The zero-order valence-corrected chi connectivity index (χ0v) is 19.5. The lowest BCUT2D eigenvalue weighted by Crippen LogP contribution is -2.67. The minimum atomic E-state index is -1.87. The summed E-state index contributed by atoms with van der Waals surface area (Å²) in [6.07, 6.45) is 4.36. The Morgan fingerprint density at radius 2 is 1.73 bits per heavy atom. The Labute approximate surface area is 199 Å². The molecule has 3 N–H and O–H groups in total. The van der Waals surface area contributed by atoms with Gasteiger partial charge in [-0.25, -0.2) is 14.8 Å². The fraction of sp³-hybridized carbons (Fsp3) is 0.391. The molecular formula is C23H25N4O4S2+. The Hall–Kier alpha value is -2.66. The Balaban J connectivity index is 1.44. The summed E-state index contributed by atoms with van der Waals surface area (Å²) in [5, 5.41) is 18.8. The zero-order valence-electron chi connectivity index (χ0n) is 17.9. The number of ether oxygens (including phenoxy) is 1. The van der Waals surface area contributed by atoms with Crippen LogP contribution in [0, 0.1) is 5.92 Å². The number of nitrogens with two attached hydrogens (primary N) is 1. The van der Waals surface area contributed by atoms with Crippen LogP contribution < -0.4 is 5.73 Å². The lowest BCUT2D eigenvalue weighted by atomic mass is 9.81. The third-order valence-corrected chi connectivity index (χ3v) is 8.41. The maximum absolute atomic E-state index is 13.5. The average molecular weight is 486 g/mol. The molecule has 3 aliphatic rings. The quantitative estimate of drug-likeness (QED) is 0.392. The van der Waals surface area contributed by atoms with Gasteiger partial charge < -0.3 is 20.1 Å². The second-order valence-corrected chi connectivity index (χ2v) is 10.3. The van der Waals surface area contributed by atoms with Gasteiger partial charge in [0.05, 0.1) is 13.1 Å². The number of primary amides is 1. The van der Waals surface area contributed by atoms with Crippen LogP contribution in [0.25, 0.3) is 0 Å². The molecule has 0 aromatic carbocycles. The van der Waals surface area contributed by atoms with E-state index in [9.17, 15) is 14.7 Å². The SMILES string of the molecule is NC(=O)C(c1ncccn1)[N+]12CCC(CC1)[C@@H](OC(=O)C(O)(c1ccsc1)c1ccsc1)C2. The van der Waals surface area contributed by atoms with Crippen LogP contribution >= 0.6 is 22.7 Å². The molecule has 3 saturated heterocycles. The molecular weight excluding hydrogens is 460 g/mol. The highest BCUT2D eigenvalue weighted by atomic mass is 32.1. The van der Waals surface area contributed by atoms with Gasteiger partial charge in [0.25, 0.3) is 5.91 Å². The number of quaternary nitrogens is 1. The molecule has 0 saturated carbocycles. The monoisotopic (exact) mass is 485 g/mol. The Bertz CT molecular complexity index is 1080. The number of hydrogen-bond acceptors (Lipinski definition) is 8. The summed E-state index contributed by atoms with van der Waals surface area (Å²) in [6.45, 7) is 1.92. The first kappa shape index (κ1) is 22.1. The van der Waals surface area contributed by atoms with Crippen molar-refractivity contribution in [3.63, 3.8) is 0 Å². The predicted molar refractivity (Wildman–Crippen MR) is 123 cm³/mol. The van der Waals surface area contributed by atoms with Crippen molar-refractivity contribution in [2.45, 2.75) is 30.6 Å². The molecule has 3 aliphatic heterocycles. The van der Waals surface area contributed by atoms with Crippen LogP contribution in [-0.2, 0) is 19.9 Å². The van der Waals surface area contributed by atoms with Gasteiger partial charge in [0, 0.05) is 42.3 Å². The van der Waals surface area contributed by atoms with Crippen LogP contribution in [0.15, 0.2) is 52.1 Å². The van der Waals surface area contributed by atoms with Crippen molar-refractivity contribution in [2.24, 2.45) is 11.7 Å². The second-order valence-electron chi connectivity index (χ2n) is 8.78. The molecule has 8 nitrogen and oxygen atoms in total. The van der Waals surface area contributed by atoms with Crippen molar-refractivity contribution in [3.05, 3.63) is 69.1 Å². The fourth-order valence-corrected chi connectivity index (χ4v) is 6.72. The molecule has 1 amide bonds. The molecule has 6 rings (SSSR count). The maximum Gasteiger partial charge on any atom is 0.348 e. The summed E-state index contributed by atoms with van der Waals surface area (Å²) in [4.78, 5) is 34.7. The molecule has 172 valence electrons. The largest absolute Gasteiger partial charge is 0.453 e. The molecule has 0 radical (unpaired) electrons. The number of thiophene rings is 2. The van der Waals surface area contributed by atoms with Crippen molar-refractivity contribution < 1.29 is 23.9 Å². The molecule has 3 aromatic heterocycles. The summed E-state index contributed by atoms with van der Waals surface area (Å²) < 4.78 is 6.40. The van der Waals surface area contributed by atoms with Crippen LogP contribution in [0.4, 0.5) is 0 Å². The van der Waals surface area contributed by atoms with Gasteiger partial charge in [-0.2, -0.15) is 22.7 Å². The molecule has 2 atom stereocenters. The van der Waals surface area contributed by atoms with Gasteiger partial charge in [-0.3, -0.25) is 4.79 Å². The maximum atomic E-state index is 13.5. The molecule has 0 aliphatic carbocycles. The highest BCUT2D eigenvalue weighted by molar-refractivity contribution is 7.08. The van der Waals surface area contributed by atoms with E-state index in [4.69, 9.17) is 10.5 Å². The number of aliphatic hydroxyl groups is 1. The molecule has 3 fully saturated rings. The van der Waals surface area contributed by atoms with E-state index in [1.807, 2.05) is 10.8 Å². The van der Waals surface area contributed by atoms with Gasteiger partial charge in [0.1, 0.15) is 6.54 Å². The summed E-state index contributed by atoms with van der Waals surface area (Å²) >= 11 is 2.82. The van der Waals surface area contributed by atoms with Crippen LogP contribution in [0.5, 0.6) is 0 Å². The number of rotatable bonds is 7. The van der Waals surface area contributed by atoms with Crippen LogP contribution in [0.3, 0.4) is 0 Å². The lowest BCUT2D eigenvalue weighted by molar-refractivity contribution is -0.965. The van der Waals surface area contributed by atoms with Crippen LogP contribution in [-0.4, -0.2) is 57.2 Å². The smallest absolute Gasteiger partial charge is 0.348 e. The Morgan fingerprint density at radius 1 is 1.12 bits per heavy atom. The number of amides is 1. The van der Waals surface area contributed by atoms with E-state index in [1.54, 1.807) is 41.4 Å². The number of carbonyl (C=O) groups excluding carboxylic acids is 2. The Morgan fingerprint density at radius 3 is 2.24 bits per heavy atom. The van der Waals surface area contributed by atoms with E-state index in [0.29, 0.717) is 28.0 Å². The molecule has 6 heterocycles. The predicted octanol–water partition coefficient (Wildman–Crippen LogP) is 2.21. The van der Waals surface area contributed by atoms with E-state index in [2.05, 4.69) is 9.97 Å². The number of aromatic nitrogens is 2. The van der Waals surface area contributed by atoms with Crippen molar-refractivity contribution in [1.29, 1.82) is 0 Å². The third-order valence-electron chi connectivity index (χ3n) is 7.04. The van der Waals surface area contributed by atoms with E-state index in [1.165, 1.54) is 22.7 Å². The number of nitrogens with zero attached hydrogens (tertiary/aromatic N) is 3. The third kappa shape index (κ3) is 3.76. The summed E-state index contributed by atoms with van der Waals surface area (Å²) in [5.41, 5.74) is 4.96. The molecule has 0 spiro atoms. The molecule has 1 unspecified atom stereocenters. The van der Waals surface area contributed by atoms with Gasteiger partial charge in [-0.05, 0) is 39.7 Å². The first-order valence-electron chi connectivity index (χ1n) is 10.8. The van der Waals surface area contributed by atoms with Crippen molar-refractivity contribution in [3.8, 4) is 0 Å². The van der Waals surface area contributed by atoms with Gasteiger partial charge in [0.15, 0.2) is 11.9 Å². The van der Waals surface area contributed by atoms with E-state index < -0.39 is 29.6 Å². The first-order valence-corrected chi connectivity index (χ1v) is 12.7. The van der Waals surface area contributed by atoms with E-state index in [-0.39, 0.29) is 5.92 Å². The molecule has 10 heteroatoms. The summed E-state index contributed by atoms with van der Waals surface area (Å²) in [5.74, 6) is -0.612. The fourth-order valence-electron chi connectivity index (χ4n) is 5.32. The topological polar surface area (TPSA) is 115 Å². The van der Waals surface area contributed by atoms with E-state index in [0.717, 1.165) is 25.9 Å². The Kier molecular flexibility index (Phi) is 5.77. The number of esters is 1. The highest BCUT2D eigenvalue weighted by Gasteiger charge is 2.55. The van der Waals surface area contributed by atoms with Gasteiger partial charge >= 0.3 is 5.97 Å². The van der Waals surface area contributed by atoms with Gasteiger partial charge in [-0.1, -0.05) is 0 Å². The van der Waals surface area contributed by atoms with Crippen molar-refractivity contribution in [1.82, 2.24) is 9.97 Å². The minimum Gasteiger partial charge on any atom is -0.453 e. The normalized spacial score (nSPS) is 25.5. The van der Waals surface area contributed by atoms with Crippen molar-refractivity contribution in [2.75, 3.05) is 19.6 Å². The summed E-state index contributed by atoms with van der Waals surface area (Å²) in [6, 6.07) is 4.47. The summed E-state index contributed by atoms with van der Waals surface area (Å²) in [7, 11) is 0. The molecule has 2 bridgehead atoms. The molecule has 3 aromatic rings. The standard InChI is InChI=1S/C23H24N4O4S2/c24-20(28)19(21-25-6-1-7-26-21)27-8-2-15(3-9-27)18(12-27)31-22(29)23(30,16-4-10-32-13-16)17-5-11-33-14-17/h1,4-7,10-11,13-15,18-19,30H,2-3,8-9,12H2,(H-,24,28)/p+1/t15?,18-,19?,27?/m0/s1. The van der Waals surface area contributed by atoms with Crippen molar-refractivity contribution >= 4 is 34.6 Å². The number of hydrogen-bond donors (Lipinski definition) is 2. The lowest BCUT2D eigenvalue weighted by Gasteiger charge is -2.54. The average Bonchev–Trinajstić information content (AvgIpc) is 3.55. The minimum absolute atomic E-state index is 0.174. The second kappa shape index (κ2) is 8.60. The zero-order chi connectivity index (χ0) is 23.1. The number of fused-ring (bicyclic) bond motifs is 3. The first-order chi connectivity index (χ1) is 15.9. The number of piperidine rings is 3. The number of carbonyl (C=O) groups is 2. The van der Waals surface area contributed by atoms with Crippen LogP contribution in [0.2, 0.25) is 0 Å². The van der Waals surface area contributed by atoms with Crippen LogP contribution in [0.1, 0.15) is 35.8 Å². The highest BCUT2D eigenvalue weighted by Crippen LogP contribution is 2.43. The van der Waals surface area contributed by atoms with E-state index >= 15 is 0 Å². The van der Waals surface area contributed by atoms with Gasteiger partial charge in [-0.15, -0.1) is 0 Å². The van der Waals surface area contributed by atoms with Gasteiger partial charge in [0.2, 0.25) is 11.6 Å². The molecule has 33 heavy (non-hydrogen) atoms.